The first-order chi connectivity index (χ1) is 9.70. The van der Waals surface area contributed by atoms with Gasteiger partial charge in [-0.2, -0.15) is 11.8 Å². The Bertz CT molecular complexity index is 374. The molecule has 0 saturated carbocycles. The average Bonchev–Trinajstić information content (AvgIpc) is 2.39. The summed E-state index contributed by atoms with van der Waals surface area (Å²) in [7, 11) is 0. The summed E-state index contributed by atoms with van der Waals surface area (Å²) in [6, 6.07) is -2.49. The van der Waals surface area contributed by atoms with E-state index >= 15 is 0 Å². The zero-order valence-electron chi connectivity index (χ0n) is 12.9. The molecule has 7 nitrogen and oxygen atoms in total. The Hall–Kier alpha value is -1.28. The van der Waals surface area contributed by atoms with Gasteiger partial charge >= 0.3 is 5.97 Å². The third-order valence-corrected chi connectivity index (χ3v) is 3.53. The Morgan fingerprint density at radius 3 is 2.10 bits per heavy atom. The molecule has 3 unspecified atom stereocenters. The molecule has 0 heterocycles. The fraction of sp³-hybridized carbons (Fsp3) is 0.769. The van der Waals surface area contributed by atoms with E-state index in [1.807, 2.05) is 6.26 Å². The topological polar surface area (TPSA) is 122 Å². The maximum Gasteiger partial charge on any atom is 0.326 e. The van der Waals surface area contributed by atoms with Crippen LogP contribution in [0, 0.1) is 5.92 Å². The van der Waals surface area contributed by atoms with Crippen molar-refractivity contribution in [3.63, 3.8) is 0 Å². The summed E-state index contributed by atoms with van der Waals surface area (Å²) in [6.07, 6.45) is 2.30. The molecule has 0 spiro atoms. The summed E-state index contributed by atoms with van der Waals surface area (Å²) in [5.74, 6) is -1.62. The molecule has 0 saturated heterocycles. The van der Waals surface area contributed by atoms with Crippen molar-refractivity contribution in [1.82, 2.24) is 10.6 Å². The van der Waals surface area contributed by atoms with Gasteiger partial charge in [-0.3, -0.25) is 9.59 Å². The predicted molar refractivity (Wildman–Crippen MR) is 83.0 cm³/mol. The highest BCUT2D eigenvalue weighted by Crippen LogP contribution is 2.05. The van der Waals surface area contributed by atoms with Gasteiger partial charge in [0.2, 0.25) is 11.8 Å². The molecule has 0 aromatic heterocycles. The van der Waals surface area contributed by atoms with E-state index in [4.69, 9.17) is 10.8 Å². The van der Waals surface area contributed by atoms with Gasteiger partial charge in [0.25, 0.3) is 0 Å². The molecule has 3 atom stereocenters. The minimum Gasteiger partial charge on any atom is -0.480 e. The van der Waals surface area contributed by atoms with E-state index in [2.05, 4.69) is 10.6 Å². The third-order valence-electron chi connectivity index (χ3n) is 2.89. The quantitative estimate of drug-likeness (QED) is 0.467. The van der Waals surface area contributed by atoms with Gasteiger partial charge in [-0.1, -0.05) is 13.8 Å². The fourth-order valence-electron chi connectivity index (χ4n) is 1.58. The van der Waals surface area contributed by atoms with Crippen molar-refractivity contribution >= 4 is 29.5 Å². The highest BCUT2D eigenvalue weighted by molar-refractivity contribution is 7.98. The number of thioether (sulfide) groups is 1. The number of rotatable bonds is 9. The van der Waals surface area contributed by atoms with Crippen LogP contribution in [0.4, 0.5) is 0 Å². The second-order valence-corrected chi connectivity index (χ2v) is 6.19. The molecule has 0 aliphatic rings. The van der Waals surface area contributed by atoms with Gasteiger partial charge in [0.05, 0.1) is 6.04 Å². The molecule has 8 heteroatoms. The summed E-state index contributed by atoms with van der Waals surface area (Å²) in [5, 5.41) is 14.1. The molecule has 0 rings (SSSR count). The predicted octanol–water partition coefficient (Wildman–Crippen LogP) is -0.203. The minimum atomic E-state index is -1.10. The first-order valence-electron chi connectivity index (χ1n) is 6.78. The van der Waals surface area contributed by atoms with E-state index in [9.17, 15) is 14.4 Å². The van der Waals surface area contributed by atoms with Crippen LogP contribution in [-0.4, -0.2) is 53.0 Å². The molecule has 2 amide bonds. The highest BCUT2D eigenvalue weighted by atomic mass is 32.2. The van der Waals surface area contributed by atoms with Crippen molar-refractivity contribution in [2.24, 2.45) is 11.7 Å². The van der Waals surface area contributed by atoms with Crippen LogP contribution in [0.1, 0.15) is 27.2 Å². The normalized spacial score (nSPS) is 15.1. The summed E-state index contributed by atoms with van der Waals surface area (Å²) in [5.41, 5.74) is 5.47. The van der Waals surface area contributed by atoms with E-state index in [0.717, 1.165) is 0 Å². The van der Waals surface area contributed by atoms with Crippen molar-refractivity contribution in [1.29, 1.82) is 0 Å². The van der Waals surface area contributed by atoms with Crippen molar-refractivity contribution in [2.75, 3.05) is 12.0 Å². The number of aliphatic carboxylic acids is 1. The maximum atomic E-state index is 12.2. The molecule has 122 valence electrons. The van der Waals surface area contributed by atoms with E-state index in [-0.39, 0.29) is 5.92 Å². The molecule has 0 fully saturated rings. The molecular weight excluding hydrogens is 294 g/mol. The Morgan fingerprint density at radius 2 is 1.71 bits per heavy atom. The average molecular weight is 319 g/mol. The van der Waals surface area contributed by atoms with Crippen LogP contribution in [0.3, 0.4) is 0 Å². The molecule has 0 aliphatic heterocycles. The lowest BCUT2D eigenvalue weighted by Gasteiger charge is -2.23. The number of carbonyl (C=O) groups excluding carboxylic acids is 2. The number of nitrogens with two attached hydrogens (primary N) is 1. The van der Waals surface area contributed by atoms with Gasteiger partial charge in [0, 0.05) is 0 Å². The lowest BCUT2D eigenvalue weighted by atomic mass is 10.0. The number of carboxylic acids is 1. The Labute approximate surface area is 129 Å². The smallest absolute Gasteiger partial charge is 0.326 e. The van der Waals surface area contributed by atoms with Crippen molar-refractivity contribution < 1.29 is 19.5 Å². The van der Waals surface area contributed by atoms with Crippen LogP contribution >= 0.6 is 11.8 Å². The minimum absolute atomic E-state index is 0.253. The SMILES string of the molecule is CSCCC(NC(=O)C(C)N)C(=O)NC(C(=O)O)C(C)C. The lowest BCUT2D eigenvalue weighted by molar-refractivity contribution is -0.143. The van der Waals surface area contributed by atoms with Crippen molar-refractivity contribution in [3.8, 4) is 0 Å². The van der Waals surface area contributed by atoms with E-state index in [0.29, 0.717) is 12.2 Å². The number of hydrogen-bond donors (Lipinski definition) is 4. The van der Waals surface area contributed by atoms with E-state index in [1.165, 1.54) is 18.7 Å². The zero-order chi connectivity index (χ0) is 16.6. The first-order valence-corrected chi connectivity index (χ1v) is 8.18. The standard InChI is InChI=1S/C13H25N3O4S/c1-7(2)10(13(19)20)16-12(18)9(5-6-21-4)15-11(17)8(3)14/h7-10H,5-6,14H2,1-4H3,(H,15,17)(H,16,18)(H,19,20). The zero-order valence-corrected chi connectivity index (χ0v) is 13.7. The van der Waals surface area contributed by atoms with Crippen LogP contribution in [0.5, 0.6) is 0 Å². The van der Waals surface area contributed by atoms with Gasteiger partial charge in [-0.15, -0.1) is 0 Å². The Morgan fingerprint density at radius 1 is 1.14 bits per heavy atom. The van der Waals surface area contributed by atoms with Gasteiger partial charge in [0.15, 0.2) is 0 Å². The lowest BCUT2D eigenvalue weighted by Crippen LogP contribution is -2.55. The van der Waals surface area contributed by atoms with Crippen LogP contribution in [0.2, 0.25) is 0 Å². The summed E-state index contributed by atoms with van der Waals surface area (Å²) < 4.78 is 0. The number of amides is 2. The van der Waals surface area contributed by atoms with Gasteiger partial charge in [0.1, 0.15) is 12.1 Å². The monoisotopic (exact) mass is 319 g/mol. The third kappa shape index (κ3) is 7.33. The number of nitrogens with one attached hydrogen (secondary N) is 2. The second kappa shape index (κ2) is 9.62. The fourth-order valence-corrected chi connectivity index (χ4v) is 2.05. The molecule has 0 bridgehead atoms. The summed E-state index contributed by atoms with van der Waals surface area (Å²) in [6.45, 7) is 4.93. The molecule has 0 radical (unpaired) electrons. The summed E-state index contributed by atoms with van der Waals surface area (Å²) >= 11 is 1.54. The summed E-state index contributed by atoms with van der Waals surface area (Å²) in [4.78, 5) is 34.9. The number of carboxylic acid groups (broad SMARTS) is 1. The van der Waals surface area contributed by atoms with Crippen LogP contribution < -0.4 is 16.4 Å². The van der Waals surface area contributed by atoms with E-state index in [1.54, 1.807) is 13.8 Å². The van der Waals surface area contributed by atoms with Crippen molar-refractivity contribution in [2.45, 2.75) is 45.3 Å². The van der Waals surface area contributed by atoms with Crippen molar-refractivity contribution in [3.05, 3.63) is 0 Å². The van der Waals surface area contributed by atoms with Crippen LogP contribution in [0.25, 0.3) is 0 Å². The van der Waals surface area contributed by atoms with Gasteiger partial charge in [-0.05, 0) is 31.3 Å². The molecule has 0 aliphatic carbocycles. The molecule has 0 aromatic carbocycles. The first kappa shape index (κ1) is 19.7. The Balaban J connectivity index is 4.84. The Kier molecular flexibility index (Phi) is 9.03. The molecule has 0 aromatic rings. The number of carbonyl (C=O) groups is 3. The molecule has 5 N–H and O–H groups in total. The van der Waals surface area contributed by atoms with Gasteiger partial charge in [-0.25, -0.2) is 4.79 Å². The van der Waals surface area contributed by atoms with Crippen LogP contribution in [0.15, 0.2) is 0 Å². The van der Waals surface area contributed by atoms with Gasteiger partial charge < -0.3 is 21.5 Å². The van der Waals surface area contributed by atoms with E-state index < -0.39 is 35.9 Å². The molecule has 21 heavy (non-hydrogen) atoms. The number of hydrogen-bond acceptors (Lipinski definition) is 5. The largest absolute Gasteiger partial charge is 0.480 e. The molecular formula is C13H25N3O4S. The maximum absolute atomic E-state index is 12.2. The van der Waals surface area contributed by atoms with Crippen LogP contribution in [-0.2, 0) is 14.4 Å². The second-order valence-electron chi connectivity index (χ2n) is 5.20. The highest BCUT2D eigenvalue weighted by Gasteiger charge is 2.28.